The highest BCUT2D eigenvalue weighted by Crippen LogP contribution is 2.30. The van der Waals surface area contributed by atoms with Crippen molar-refractivity contribution in [3.63, 3.8) is 0 Å². The van der Waals surface area contributed by atoms with Gasteiger partial charge in [0.15, 0.2) is 6.54 Å². The number of imide groups is 1. The van der Waals surface area contributed by atoms with Crippen molar-refractivity contribution in [3.8, 4) is 5.75 Å². The lowest BCUT2D eigenvalue weighted by molar-refractivity contribution is -0.907. The summed E-state index contributed by atoms with van der Waals surface area (Å²) < 4.78 is 73.1. The van der Waals surface area contributed by atoms with Gasteiger partial charge in [-0.25, -0.2) is 9.59 Å². The highest BCUT2D eigenvalue weighted by molar-refractivity contribution is 7.86. The van der Waals surface area contributed by atoms with E-state index in [0.29, 0.717) is 75.1 Å². The molecule has 0 radical (unpaired) electrons. The number of nitrogens with one attached hydrogen (secondary N) is 2. The Bertz CT molecular complexity index is 2610. The lowest BCUT2D eigenvalue weighted by atomic mass is 10.0. The Kier molecular flexibility index (Phi) is 16.9. The van der Waals surface area contributed by atoms with E-state index in [9.17, 15) is 54.7 Å². The van der Waals surface area contributed by atoms with Gasteiger partial charge >= 0.3 is 11.9 Å². The molecule has 3 aromatic carbocycles. The number of ether oxygens (including phenoxy) is 1. The van der Waals surface area contributed by atoms with Crippen molar-refractivity contribution in [2.75, 3.05) is 51.3 Å². The van der Waals surface area contributed by atoms with Gasteiger partial charge in [-0.15, -0.1) is 5.06 Å². The number of nitrogens with zero attached hydrogens (tertiary/aromatic N) is 3. The smallest absolute Gasteiger partial charge is 0.345 e. The first kappa shape index (κ1) is 50.1. The lowest BCUT2D eigenvalue weighted by Gasteiger charge is -2.34. The molecule has 4 aromatic rings. The molecule has 0 bridgehead atoms. The predicted octanol–water partition coefficient (Wildman–Crippen LogP) is 3.13. The average Bonchev–Trinajstić information content (AvgIpc) is 3.55. The molecule has 0 saturated carbocycles. The Morgan fingerprint density at radius 2 is 1.28 bits per heavy atom. The first-order valence-electron chi connectivity index (χ1n) is 21.2. The maximum absolute atomic E-state index is 14.1. The van der Waals surface area contributed by atoms with E-state index in [0.717, 1.165) is 0 Å². The van der Waals surface area contributed by atoms with E-state index in [4.69, 9.17) is 9.57 Å². The number of pyridine rings is 1. The summed E-state index contributed by atoms with van der Waals surface area (Å²) >= 11 is 0. The third kappa shape index (κ3) is 14.3. The van der Waals surface area contributed by atoms with Gasteiger partial charge in [0.1, 0.15) is 11.5 Å². The molecular weight excluding hydrogens is 887 g/mol. The minimum atomic E-state index is -4.27. The summed E-state index contributed by atoms with van der Waals surface area (Å²) in [5.74, 6) is -3.96. The van der Waals surface area contributed by atoms with Gasteiger partial charge in [-0.3, -0.25) is 28.3 Å². The molecule has 1 saturated heterocycles. The first-order chi connectivity index (χ1) is 30.6. The molecule has 1 aromatic heterocycles. The van der Waals surface area contributed by atoms with Crippen molar-refractivity contribution < 1.29 is 73.3 Å². The van der Waals surface area contributed by atoms with E-state index in [1.807, 2.05) is 23.7 Å². The summed E-state index contributed by atoms with van der Waals surface area (Å²) in [5.41, 5.74) is 3.04. The van der Waals surface area contributed by atoms with Crippen LogP contribution in [-0.2, 0) is 50.8 Å². The SMILES string of the molecule is Cc1cc(C(=O)NCCC[N+](C)(CCCNC(=O)CCCC(=O)ON2C(=O)CCC2=O)CCS(=O)(=O)O)cc(C)c1OC(=O)c1c2ccccc2[n+](CCCS(=O)(=O)O)c2ccccc12. The van der Waals surface area contributed by atoms with Crippen LogP contribution >= 0.6 is 0 Å². The van der Waals surface area contributed by atoms with E-state index < -0.39 is 55.5 Å². The maximum Gasteiger partial charge on any atom is 0.345 e. The van der Waals surface area contributed by atoms with Crippen LogP contribution in [0, 0.1) is 13.8 Å². The third-order valence-electron chi connectivity index (χ3n) is 11.1. The number of hydrogen-bond donors (Lipinski definition) is 4. The number of hydrogen-bond acceptors (Lipinski definition) is 12. The number of fused-ring (bicyclic) bond motifs is 2. The van der Waals surface area contributed by atoms with Gasteiger partial charge in [0.2, 0.25) is 16.9 Å². The number of carbonyl (C=O) groups is 6. The zero-order chi connectivity index (χ0) is 47.5. The van der Waals surface area contributed by atoms with E-state index in [-0.39, 0.29) is 86.8 Å². The average molecular weight is 942 g/mol. The van der Waals surface area contributed by atoms with Crippen LogP contribution in [0.25, 0.3) is 21.8 Å². The molecule has 1 aliphatic rings. The molecule has 2 heterocycles. The number of rotatable bonds is 23. The van der Waals surface area contributed by atoms with Gasteiger partial charge in [0.25, 0.3) is 38.0 Å². The van der Waals surface area contributed by atoms with Gasteiger partial charge in [-0.1, -0.05) is 24.3 Å². The van der Waals surface area contributed by atoms with Gasteiger partial charge in [0.05, 0.1) is 48.8 Å². The zero-order valence-electron chi connectivity index (χ0n) is 36.5. The number of carbonyl (C=O) groups excluding carboxylic acids is 6. The van der Waals surface area contributed by atoms with Crippen LogP contribution in [0.2, 0.25) is 0 Å². The van der Waals surface area contributed by atoms with Gasteiger partial charge in [-0.2, -0.15) is 21.4 Å². The summed E-state index contributed by atoms with van der Waals surface area (Å²) in [5, 5.41) is 7.25. The van der Waals surface area contributed by atoms with Crippen LogP contribution < -0.4 is 19.9 Å². The number of aryl methyl sites for hydroxylation is 3. The van der Waals surface area contributed by atoms with Crippen molar-refractivity contribution in [2.24, 2.45) is 0 Å². The minimum Gasteiger partial charge on any atom is -0.422 e. The van der Waals surface area contributed by atoms with Gasteiger partial charge in [-0.05, 0) is 55.7 Å². The number of esters is 1. The fourth-order valence-electron chi connectivity index (χ4n) is 7.78. The summed E-state index contributed by atoms with van der Waals surface area (Å²) in [6, 6.07) is 17.6. The topological polar surface area (TPSA) is 261 Å². The number of quaternary nitrogens is 1. The minimum absolute atomic E-state index is 0.00549. The van der Waals surface area contributed by atoms with Crippen LogP contribution in [0.3, 0.4) is 0 Å². The molecule has 0 aliphatic carbocycles. The number of amides is 4. The monoisotopic (exact) mass is 941 g/mol. The first-order valence-corrected chi connectivity index (χ1v) is 24.4. The van der Waals surface area contributed by atoms with Crippen molar-refractivity contribution in [3.05, 3.63) is 82.9 Å². The fraction of sp³-hybridized carbons (Fsp3) is 0.432. The molecule has 4 N–H and O–H groups in total. The Balaban J connectivity index is 1.15. The van der Waals surface area contributed by atoms with Crippen molar-refractivity contribution in [2.45, 2.75) is 71.8 Å². The summed E-state index contributed by atoms with van der Waals surface area (Å²) in [4.78, 5) is 79.8. The largest absolute Gasteiger partial charge is 0.422 e. The van der Waals surface area contributed by atoms with Crippen molar-refractivity contribution in [1.29, 1.82) is 0 Å². The molecule has 5 rings (SSSR count). The van der Waals surface area contributed by atoms with Crippen molar-refractivity contribution >= 4 is 77.6 Å². The molecule has 21 heteroatoms. The van der Waals surface area contributed by atoms with Crippen LogP contribution in [0.1, 0.15) is 83.2 Å². The quantitative estimate of drug-likeness (QED) is 0.0122. The summed E-state index contributed by atoms with van der Waals surface area (Å²) in [6.45, 7) is 5.12. The summed E-state index contributed by atoms with van der Waals surface area (Å²) in [7, 11) is -6.62. The Labute approximate surface area is 377 Å². The molecule has 0 spiro atoms. The molecule has 1 aliphatic heterocycles. The van der Waals surface area contributed by atoms with Gasteiger partial charge in [0, 0.05) is 75.7 Å². The van der Waals surface area contributed by atoms with E-state index in [2.05, 4.69) is 10.6 Å². The van der Waals surface area contributed by atoms with E-state index in [1.165, 1.54) is 0 Å². The second kappa shape index (κ2) is 21.9. The maximum atomic E-state index is 14.1. The normalized spacial score (nSPS) is 14.1. The predicted molar refractivity (Wildman–Crippen MR) is 236 cm³/mol. The molecule has 19 nitrogen and oxygen atoms in total. The second-order valence-electron chi connectivity index (χ2n) is 16.3. The highest BCUT2D eigenvalue weighted by Gasteiger charge is 2.33. The van der Waals surface area contributed by atoms with Crippen LogP contribution in [-0.4, -0.2) is 122 Å². The molecular formula is C44H55N5O14S2+2. The van der Waals surface area contributed by atoms with E-state index >= 15 is 0 Å². The number of aromatic nitrogens is 1. The second-order valence-corrected chi connectivity index (χ2v) is 19.5. The molecule has 350 valence electrons. The Hall–Kier alpha value is -5.87. The lowest BCUT2D eigenvalue weighted by Crippen LogP contribution is -2.49. The molecule has 4 amide bonds. The van der Waals surface area contributed by atoms with Crippen LogP contribution in [0.15, 0.2) is 60.7 Å². The summed E-state index contributed by atoms with van der Waals surface area (Å²) in [6.07, 6.45) is 0.936. The molecule has 1 fully saturated rings. The third-order valence-corrected chi connectivity index (χ3v) is 12.6. The van der Waals surface area contributed by atoms with E-state index in [1.54, 1.807) is 62.4 Å². The fourth-order valence-corrected chi connectivity index (χ4v) is 8.94. The Morgan fingerprint density at radius 1 is 0.738 bits per heavy atom. The number of para-hydroxylation sites is 2. The molecule has 1 unspecified atom stereocenters. The van der Waals surface area contributed by atoms with Crippen molar-refractivity contribution in [1.82, 2.24) is 15.7 Å². The Morgan fingerprint density at radius 3 is 1.83 bits per heavy atom. The zero-order valence-corrected chi connectivity index (χ0v) is 38.2. The highest BCUT2D eigenvalue weighted by atomic mass is 32.2. The molecule has 65 heavy (non-hydrogen) atoms. The number of hydroxylamine groups is 2. The van der Waals surface area contributed by atoms with Crippen LogP contribution in [0.4, 0.5) is 0 Å². The number of benzene rings is 3. The molecule has 1 atom stereocenters. The van der Waals surface area contributed by atoms with Crippen LogP contribution in [0.5, 0.6) is 5.75 Å². The van der Waals surface area contributed by atoms with Gasteiger partial charge < -0.3 is 24.7 Å². The standard InChI is InChI=1S/C44H53N5O14S2/c1-30-28-32(29-31(2)42(30)62-44(55)41-33-12-4-6-14-35(33)47(22-11-26-64(56,57)58)36-15-7-5-13-34(36)41)43(54)46-21-10-24-49(3,25-27-65(59,60)61)23-9-20-45-37(50)16-8-17-40(53)63-48-38(51)18-19-39(48)52/h4-7,12-15,28-29H,8-11,16-27H2,1-3H3,(H2-2,45,46,50,54,56,57,58,59,60,61)/p+2.